The number of nitrogens with zero attached hydrogens (tertiary/aromatic N) is 1. The lowest BCUT2D eigenvalue weighted by molar-refractivity contribution is 0.420. The maximum absolute atomic E-state index is 8.58. The van der Waals surface area contributed by atoms with Crippen LogP contribution in [0.3, 0.4) is 0 Å². The van der Waals surface area contributed by atoms with Crippen molar-refractivity contribution in [3.63, 3.8) is 0 Å². The molecule has 0 saturated heterocycles. The monoisotopic (exact) mass is 139 g/mol. The molecule has 0 aliphatic carbocycles. The van der Waals surface area contributed by atoms with E-state index in [2.05, 4.69) is 11.6 Å². The van der Waals surface area contributed by atoms with Crippen LogP contribution >= 0.6 is 0 Å². The van der Waals surface area contributed by atoms with Crippen LogP contribution in [0.5, 0.6) is 0 Å². The molecule has 0 amide bonds. The fourth-order valence-corrected chi connectivity index (χ4v) is 0.385. The van der Waals surface area contributed by atoms with Gasteiger partial charge in [0.1, 0.15) is 0 Å². The van der Waals surface area contributed by atoms with E-state index in [4.69, 9.17) is 10.0 Å². The zero-order valence-corrected chi connectivity index (χ0v) is 5.86. The van der Waals surface area contributed by atoms with E-state index in [0.29, 0.717) is 0 Å². The van der Waals surface area contributed by atoms with E-state index in [0.717, 1.165) is 0 Å². The van der Waals surface area contributed by atoms with Gasteiger partial charge in [-0.05, 0) is 12.4 Å². The third kappa shape index (κ3) is 3.22. The normalized spacial score (nSPS) is 12.1. The molecule has 0 unspecified atom stereocenters. The first-order chi connectivity index (χ1) is 4.72. The van der Waals surface area contributed by atoms with Crippen molar-refractivity contribution in [3.05, 3.63) is 24.3 Å². The van der Waals surface area contributed by atoms with Crippen LogP contribution in [0.4, 0.5) is 0 Å². The van der Waals surface area contributed by atoms with Gasteiger partial charge in [0.05, 0.1) is 0 Å². The van der Waals surface area contributed by atoms with Crippen LogP contribution < -0.4 is 0 Å². The molecular weight excluding hydrogens is 129 g/mol. The Kier molecular flexibility index (Phi) is 4.53. The van der Waals surface area contributed by atoms with E-state index < -0.39 is 7.12 Å². The summed E-state index contributed by atoms with van der Waals surface area (Å²) in [5.41, 5.74) is 0.290. The lowest BCUT2D eigenvalue weighted by Crippen LogP contribution is -2.13. The molecule has 0 aromatic carbocycles. The summed E-state index contributed by atoms with van der Waals surface area (Å²) in [6.45, 7) is 5.11. The molecule has 0 rings (SSSR count). The molecule has 0 aromatic heterocycles. The second kappa shape index (κ2) is 4.96. The first-order valence-electron chi connectivity index (χ1n) is 2.88. The minimum atomic E-state index is -1.48. The molecule has 0 saturated carbocycles. The third-order valence-corrected chi connectivity index (χ3v) is 0.907. The van der Waals surface area contributed by atoms with Gasteiger partial charge in [-0.3, -0.25) is 4.99 Å². The van der Waals surface area contributed by atoms with Gasteiger partial charge >= 0.3 is 7.12 Å². The van der Waals surface area contributed by atoms with Gasteiger partial charge < -0.3 is 10.0 Å². The summed E-state index contributed by atoms with van der Waals surface area (Å²) in [5.74, 6) is 0. The summed E-state index contributed by atoms with van der Waals surface area (Å²) in [6.07, 6.45) is 4.24. The van der Waals surface area contributed by atoms with Crippen molar-refractivity contribution >= 4 is 13.3 Å². The molecule has 4 heteroatoms. The lowest BCUT2D eigenvalue weighted by atomic mass is 9.80. The largest absolute Gasteiger partial charge is 0.489 e. The highest BCUT2D eigenvalue weighted by molar-refractivity contribution is 6.51. The van der Waals surface area contributed by atoms with Crippen molar-refractivity contribution in [3.8, 4) is 0 Å². The maximum atomic E-state index is 8.58. The van der Waals surface area contributed by atoms with E-state index in [-0.39, 0.29) is 5.47 Å². The van der Waals surface area contributed by atoms with Gasteiger partial charge in [0.25, 0.3) is 0 Å². The van der Waals surface area contributed by atoms with E-state index in [1.165, 1.54) is 12.3 Å². The molecule has 0 atom stereocenters. The van der Waals surface area contributed by atoms with Crippen molar-refractivity contribution in [1.29, 1.82) is 0 Å². The average Bonchev–Trinajstić information content (AvgIpc) is 1.89. The minimum Gasteiger partial charge on any atom is -0.423 e. The summed E-state index contributed by atoms with van der Waals surface area (Å²) in [4.78, 5) is 3.69. The zero-order valence-electron chi connectivity index (χ0n) is 5.86. The Morgan fingerprint density at radius 1 is 1.60 bits per heavy atom. The molecule has 2 N–H and O–H groups in total. The molecule has 0 bridgehead atoms. The highest BCUT2D eigenvalue weighted by Gasteiger charge is 2.09. The van der Waals surface area contributed by atoms with Crippen molar-refractivity contribution in [2.75, 3.05) is 0 Å². The quantitative estimate of drug-likeness (QED) is 0.332. The molecule has 0 aliphatic heterocycles. The van der Waals surface area contributed by atoms with Gasteiger partial charge in [0.2, 0.25) is 0 Å². The lowest BCUT2D eigenvalue weighted by Gasteiger charge is -1.94. The molecule has 0 radical (unpaired) electrons. The number of allylic oxidation sites excluding steroid dienone is 2. The highest BCUT2D eigenvalue weighted by atomic mass is 16.4. The Labute approximate surface area is 60.6 Å². The van der Waals surface area contributed by atoms with Crippen LogP contribution in [-0.2, 0) is 0 Å². The van der Waals surface area contributed by atoms with Crippen LogP contribution in [0.15, 0.2) is 29.3 Å². The number of hydrogen-bond donors (Lipinski definition) is 2. The van der Waals surface area contributed by atoms with E-state index in [1.54, 1.807) is 13.1 Å². The summed E-state index contributed by atoms with van der Waals surface area (Å²) < 4.78 is 0. The Balaban J connectivity index is 4.18. The number of aliphatic imine (C=N–C) groups is 1. The van der Waals surface area contributed by atoms with Crippen LogP contribution in [0.25, 0.3) is 0 Å². The molecule has 0 aliphatic rings. The fourth-order valence-electron chi connectivity index (χ4n) is 0.385. The van der Waals surface area contributed by atoms with Gasteiger partial charge in [-0.2, -0.15) is 0 Å². The second-order valence-corrected chi connectivity index (χ2v) is 1.61. The summed E-state index contributed by atoms with van der Waals surface area (Å²) >= 11 is 0. The van der Waals surface area contributed by atoms with Crippen molar-refractivity contribution in [2.24, 2.45) is 4.99 Å². The van der Waals surface area contributed by atoms with Gasteiger partial charge in [-0.25, -0.2) is 0 Å². The Morgan fingerprint density at radius 3 is 2.50 bits per heavy atom. The molecule has 0 fully saturated rings. The maximum Gasteiger partial charge on any atom is 0.489 e. The summed E-state index contributed by atoms with van der Waals surface area (Å²) in [5, 5.41) is 17.2. The minimum absolute atomic E-state index is 0.290. The van der Waals surface area contributed by atoms with E-state index in [1.807, 2.05) is 0 Å². The van der Waals surface area contributed by atoms with Crippen LogP contribution in [0, 0.1) is 0 Å². The van der Waals surface area contributed by atoms with Gasteiger partial charge in [-0.1, -0.05) is 12.7 Å². The Bertz CT molecular complexity index is 163. The predicted octanol–water partition coefficient (Wildman–Crippen LogP) is 0.159. The van der Waals surface area contributed by atoms with Gasteiger partial charge in [0, 0.05) is 12.4 Å². The molecule has 0 spiro atoms. The smallest absolute Gasteiger partial charge is 0.423 e. The highest BCUT2D eigenvalue weighted by Crippen LogP contribution is 1.96. The van der Waals surface area contributed by atoms with Crippen molar-refractivity contribution < 1.29 is 10.0 Å². The van der Waals surface area contributed by atoms with Gasteiger partial charge in [-0.15, -0.1) is 0 Å². The number of hydrogen-bond acceptors (Lipinski definition) is 3. The summed E-state index contributed by atoms with van der Waals surface area (Å²) in [7, 11) is -1.48. The molecule has 10 heavy (non-hydrogen) atoms. The predicted molar refractivity (Wildman–Crippen MR) is 42.6 cm³/mol. The molecule has 0 heterocycles. The molecule has 3 nitrogen and oxygen atoms in total. The molecular formula is C6H10BNO2. The van der Waals surface area contributed by atoms with Crippen molar-refractivity contribution in [2.45, 2.75) is 6.92 Å². The first-order valence-corrected chi connectivity index (χ1v) is 2.88. The van der Waals surface area contributed by atoms with Crippen molar-refractivity contribution in [1.82, 2.24) is 0 Å². The van der Waals surface area contributed by atoms with Crippen LogP contribution in [-0.4, -0.2) is 23.4 Å². The topological polar surface area (TPSA) is 52.8 Å². The zero-order chi connectivity index (χ0) is 7.98. The van der Waals surface area contributed by atoms with E-state index >= 15 is 0 Å². The molecule has 54 valence electrons. The third-order valence-electron chi connectivity index (χ3n) is 0.907. The SMILES string of the molecule is C=C/C(=C\N=C/C)B(O)O. The van der Waals surface area contributed by atoms with Crippen LogP contribution in [0.2, 0.25) is 0 Å². The number of rotatable bonds is 3. The second-order valence-electron chi connectivity index (χ2n) is 1.61. The van der Waals surface area contributed by atoms with Crippen LogP contribution in [0.1, 0.15) is 6.92 Å². The van der Waals surface area contributed by atoms with E-state index in [9.17, 15) is 0 Å². The average molecular weight is 139 g/mol. The fraction of sp³-hybridized carbons (Fsp3) is 0.167. The Morgan fingerprint density at radius 2 is 2.20 bits per heavy atom. The summed E-state index contributed by atoms with van der Waals surface area (Å²) in [6, 6.07) is 0. The van der Waals surface area contributed by atoms with Gasteiger partial charge in [0.15, 0.2) is 0 Å². The standard InChI is InChI=1S/C6H10BNO2/c1-3-6(7(9)10)5-8-4-2/h3-5,9-10H,1H2,2H3/b6-5+,8-4-. The first kappa shape index (κ1) is 9.13. The molecule has 0 aromatic rings. The Hall–Kier alpha value is -0.865.